The number of likely N-dealkylation sites (tertiary alicyclic amines) is 1. The highest BCUT2D eigenvalue weighted by Crippen LogP contribution is 2.20. The molecule has 1 atom stereocenters. The zero-order valence-electron chi connectivity index (χ0n) is 9.45. The zero-order valence-corrected chi connectivity index (χ0v) is 9.45. The lowest BCUT2D eigenvalue weighted by Crippen LogP contribution is -2.61. The Labute approximate surface area is 90.4 Å². The van der Waals surface area contributed by atoms with Gasteiger partial charge in [-0.3, -0.25) is 10.1 Å². The molecule has 0 spiro atoms. The topological polar surface area (TPSA) is 61.8 Å². The summed E-state index contributed by atoms with van der Waals surface area (Å²) in [5.41, 5.74) is -0.786. The van der Waals surface area contributed by atoms with Crippen LogP contribution < -0.4 is 5.32 Å². The number of nitrogens with zero attached hydrogens (tertiary/aromatic N) is 1. The van der Waals surface area contributed by atoms with Gasteiger partial charge in [0.25, 0.3) is 0 Å². The molecule has 1 aliphatic heterocycles. The molecule has 0 aliphatic carbocycles. The fourth-order valence-electron chi connectivity index (χ4n) is 2.06. The van der Waals surface area contributed by atoms with Gasteiger partial charge in [-0.15, -0.1) is 0 Å². The van der Waals surface area contributed by atoms with Crippen molar-refractivity contribution in [1.82, 2.24) is 10.2 Å². The molecule has 0 saturated carbocycles. The molecule has 1 unspecified atom stereocenters. The summed E-state index contributed by atoms with van der Waals surface area (Å²) in [4.78, 5) is 13.3. The molecular weight excluding hydrogens is 196 g/mol. The van der Waals surface area contributed by atoms with Gasteiger partial charge in [0.1, 0.15) is 5.54 Å². The van der Waals surface area contributed by atoms with Gasteiger partial charge >= 0.3 is 5.97 Å². The van der Waals surface area contributed by atoms with Crippen LogP contribution >= 0.6 is 0 Å². The fraction of sp³-hybridized carbons (Fsp3) is 0.900. The molecule has 88 valence electrons. The lowest BCUT2D eigenvalue weighted by molar-refractivity contribution is -0.147. The summed E-state index contributed by atoms with van der Waals surface area (Å²) in [6.45, 7) is 2.66. The Morgan fingerprint density at radius 2 is 2.40 bits per heavy atom. The normalized spacial score (nSPS) is 27.9. The number of carbonyl (C=O) groups is 1. The van der Waals surface area contributed by atoms with Gasteiger partial charge in [-0.25, -0.2) is 0 Å². The number of rotatable bonds is 5. The standard InChI is InChI=1S/C10H20N2O3/c1-12-6-3-4-10(8-12,9(13)14)11-5-7-15-2/h11H,3-8H2,1-2H3,(H,13,14). The summed E-state index contributed by atoms with van der Waals surface area (Å²) in [5, 5.41) is 12.4. The second-order valence-electron chi connectivity index (χ2n) is 4.15. The van der Waals surface area contributed by atoms with E-state index in [0.29, 0.717) is 26.1 Å². The predicted octanol–water partition coefficient (Wildman–Crippen LogP) is -0.229. The number of likely N-dealkylation sites (N-methyl/N-ethyl adjacent to an activating group) is 1. The molecule has 0 bridgehead atoms. The number of piperidine rings is 1. The minimum Gasteiger partial charge on any atom is -0.480 e. The van der Waals surface area contributed by atoms with Crippen LogP contribution in [0, 0.1) is 0 Å². The number of aliphatic carboxylic acids is 1. The molecule has 1 rings (SSSR count). The first-order chi connectivity index (χ1) is 7.10. The van der Waals surface area contributed by atoms with Crippen molar-refractivity contribution in [2.75, 3.05) is 40.4 Å². The van der Waals surface area contributed by atoms with Crippen molar-refractivity contribution in [2.45, 2.75) is 18.4 Å². The first kappa shape index (κ1) is 12.4. The van der Waals surface area contributed by atoms with E-state index in [1.54, 1.807) is 7.11 Å². The van der Waals surface area contributed by atoms with Gasteiger partial charge < -0.3 is 14.7 Å². The third-order valence-corrected chi connectivity index (χ3v) is 2.86. The molecule has 15 heavy (non-hydrogen) atoms. The molecule has 5 heteroatoms. The van der Waals surface area contributed by atoms with Gasteiger partial charge in [0.15, 0.2) is 0 Å². The van der Waals surface area contributed by atoms with Crippen molar-refractivity contribution in [3.63, 3.8) is 0 Å². The molecule has 1 aliphatic rings. The van der Waals surface area contributed by atoms with E-state index in [0.717, 1.165) is 13.0 Å². The summed E-state index contributed by atoms with van der Waals surface area (Å²) < 4.78 is 4.92. The first-order valence-corrected chi connectivity index (χ1v) is 5.26. The number of carboxylic acids is 1. The second kappa shape index (κ2) is 5.44. The maximum atomic E-state index is 11.3. The molecule has 0 aromatic rings. The quantitative estimate of drug-likeness (QED) is 0.622. The maximum Gasteiger partial charge on any atom is 0.325 e. The highest BCUT2D eigenvalue weighted by Gasteiger charge is 2.40. The predicted molar refractivity (Wildman–Crippen MR) is 57.0 cm³/mol. The van der Waals surface area contributed by atoms with Gasteiger partial charge in [0.05, 0.1) is 6.61 Å². The Morgan fingerprint density at radius 1 is 1.67 bits per heavy atom. The molecule has 1 saturated heterocycles. The molecular formula is C10H20N2O3. The summed E-state index contributed by atoms with van der Waals surface area (Å²) in [7, 11) is 3.57. The fourth-order valence-corrected chi connectivity index (χ4v) is 2.06. The minimum absolute atomic E-state index is 0.540. The van der Waals surface area contributed by atoms with Crippen LogP contribution in [0.2, 0.25) is 0 Å². The third-order valence-electron chi connectivity index (χ3n) is 2.86. The van der Waals surface area contributed by atoms with Crippen LogP contribution in [0.1, 0.15) is 12.8 Å². The second-order valence-corrected chi connectivity index (χ2v) is 4.15. The van der Waals surface area contributed by atoms with E-state index in [1.165, 1.54) is 0 Å². The van der Waals surface area contributed by atoms with Crippen LogP contribution in [-0.4, -0.2) is 61.9 Å². The molecule has 0 amide bonds. The van der Waals surface area contributed by atoms with Crippen molar-refractivity contribution in [3.8, 4) is 0 Å². The molecule has 1 heterocycles. The Bertz CT molecular complexity index is 223. The minimum atomic E-state index is -0.786. The third kappa shape index (κ3) is 3.15. The van der Waals surface area contributed by atoms with Crippen molar-refractivity contribution in [2.24, 2.45) is 0 Å². The summed E-state index contributed by atoms with van der Waals surface area (Å²) in [6, 6.07) is 0. The zero-order chi connectivity index (χ0) is 11.3. The lowest BCUT2D eigenvalue weighted by Gasteiger charge is -2.38. The largest absolute Gasteiger partial charge is 0.480 e. The Hall–Kier alpha value is -0.650. The van der Waals surface area contributed by atoms with E-state index in [1.807, 2.05) is 7.05 Å². The van der Waals surface area contributed by atoms with E-state index in [9.17, 15) is 9.90 Å². The molecule has 0 aromatic carbocycles. The molecule has 2 N–H and O–H groups in total. The van der Waals surface area contributed by atoms with Crippen molar-refractivity contribution < 1.29 is 14.6 Å². The number of nitrogens with one attached hydrogen (secondary N) is 1. The highest BCUT2D eigenvalue weighted by molar-refractivity contribution is 5.79. The monoisotopic (exact) mass is 216 g/mol. The van der Waals surface area contributed by atoms with Crippen LogP contribution in [0.3, 0.4) is 0 Å². The van der Waals surface area contributed by atoms with E-state index in [2.05, 4.69) is 10.2 Å². The van der Waals surface area contributed by atoms with Gasteiger partial charge in [-0.1, -0.05) is 0 Å². The number of hydrogen-bond donors (Lipinski definition) is 2. The Balaban J connectivity index is 2.57. The smallest absolute Gasteiger partial charge is 0.325 e. The van der Waals surface area contributed by atoms with Gasteiger partial charge in [-0.05, 0) is 26.4 Å². The SMILES string of the molecule is COCCNC1(C(=O)O)CCCN(C)C1. The van der Waals surface area contributed by atoms with E-state index < -0.39 is 11.5 Å². The van der Waals surface area contributed by atoms with E-state index >= 15 is 0 Å². The maximum absolute atomic E-state index is 11.3. The van der Waals surface area contributed by atoms with Crippen LogP contribution in [0.15, 0.2) is 0 Å². The van der Waals surface area contributed by atoms with E-state index in [-0.39, 0.29) is 0 Å². The summed E-state index contributed by atoms with van der Waals surface area (Å²) >= 11 is 0. The van der Waals surface area contributed by atoms with Crippen LogP contribution in [0.5, 0.6) is 0 Å². The van der Waals surface area contributed by atoms with E-state index in [4.69, 9.17) is 4.74 Å². The highest BCUT2D eigenvalue weighted by atomic mass is 16.5. The van der Waals surface area contributed by atoms with Crippen LogP contribution in [0.25, 0.3) is 0 Å². The van der Waals surface area contributed by atoms with Gasteiger partial charge in [0, 0.05) is 20.2 Å². The number of hydrogen-bond acceptors (Lipinski definition) is 4. The Morgan fingerprint density at radius 3 is 2.93 bits per heavy atom. The van der Waals surface area contributed by atoms with Crippen molar-refractivity contribution in [1.29, 1.82) is 0 Å². The summed E-state index contributed by atoms with van der Waals surface area (Å²) in [5.74, 6) is -0.759. The molecule has 0 radical (unpaired) electrons. The van der Waals surface area contributed by atoms with Gasteiger partial charge in [0.2, 0.25) is 0 Å². The summed E-state index contributed by atoms with van der Waals surface area (Å²) in [6.07, 6.45) is 1.61. The lowest BCUT2D eigenvalue weighted by atomic mass is 9.89. The molecule has 0 aromatic heterocycles. The average molecular weight is 216 g/mol. The van der Waals surface area contributed by atoms with Crippen molar-refractivity contribution >= 4 is 5.97 Å². The molecule has 1 fully saturated rings. The number of carboxylic acid groups (broad SMARTS) is 1. The molecule has 5 nitrogen and oxygen atoms in total. The first-order valence-electron chi connectivity index (χ1n) is 5.26. The average Bonchev–Trinajstić information content (AvgIpc) is 2.18. The van der Waals surface area contributed by atoms with Crippen LogP contribution in [0.4, 0.5) is 0 Å². The van der Waals surface area contributed by atoms with Gasteiger partial charge in [-0.2, -0.15) is 0 Å². The number of methoxy groups -OCH3 is 1. The Kier molecular flexibility index (Phi) is 4.50. The van der Waals surface area contributed by atoms with Crippen LogP contribution in [-0.2, 0) is 9.53 Å². The van der Waals surface area contributed by atoms with Crippen molar-refractivity contribution in [3.05, 3.63) is 0 Å². The number of ether oxygens (including phenoxy) is 1.